The van der Waals surface area contributed by atoms with Gasteiger partial charge in [0.15, 0.2) is 5.82 Å². The third-order valence-electron chi connectivity index (χ3n) is 7.77. The number of aliphatic hydroxyl groups excluding tert-OH is 1. The Morgan fingerprint density at radius 1 is 1.05 bits per heavy atom. The highest BCUT2D eigenvalue weighted by Crippen LogP contribution is 2.56. The van der Waals surface area contributed by atoms with Gasteiger partial charge in [0.25, 0.3) is 5.92 Å². The zero-order valence-electron chi connectivity index (χ0n) is 21.4. The molecule has 196 valence electrons. The quantitative estimate of drug-likeness (QED) is 0.279. The first-order valence-electron chi connectivity index (χ1n) is 13.1. The van der Waals surface area contributed by atoms with Gasteiger partial charge in [0, 0.05) is 17.8 Å². The van der Waals surface area contributed by atoms with Gasteiger partial charge >= 0.3 is 0 Å². The highest BCUT2D eigenvalue weighted by atomic mass is 19.3. The van der Waals surface area contributed by atoms with Crippen molar-refractivity contribution in [2.75, 3.05) is 18.9 Å². The molecule has 0 bridgehead atoms. The SMILES string of the molecule is CCCC(C)c1nc2c(N)nc3cc(Cc4ccc(CCN)cc4)ccc3c2n1C[C@@H]1[C@H](CO)C1(F)F. The van der Waals surface area contributed by atoms with Gasteiger partial charge in [-0.2, -0.15) is 0 Å². The molecular weight excluding hydrogens is 472 g/mol. The number of nitrogens with zero attached hydrogens (tertiary/aromatic N) is 3. The van der Waals surface area contributed by atoms with Crippen LogP contribution in [-0.4, -0.2) is 38.7 Å². The number of alkyl halides is 2. The van der Waals surface area contributed by atoms with Crippen molar-refractivity contribution in [3.63, 3.8) is 0 Å². The number of nitrogens with two attached hydrogens (primary N) is 2. The van der Waals surface area contributed by atoms with E-state index in [-0.39, 0.29) is 12.5 Å². The molecule has 37 heavy (non-hydrogen) atoms. The fourth-order valence-electron chi connectivity index (χ4n) is 5.59. The fraction of sp³-hybridized carbons (Fsp3) is 0.448. The van der Waals surface area contributed by atoms with Crippen molar-refractivity contribution < 1.29 is 13.9 Å². The van der Waals surface area contributed by atoms with Crippen LogP contribution in [0.25, 0.3) is 21.9 Å². The molecule has 1 fully saturated rings. The summed E-state index contributed by atoms with van der Waals surface area (Å²) in [5.74, 6) is -3.69. The van der Waals surface area contributed by atoms with E-state index in [1.807, 2.05) is 16.7 Å². The largest absolute Gasteiger partial charge is 0.396 e. The summed E-state index contributed by atoms with van der Waals surface area (Å²) in [5, 5.41) is 10.3. The minimum Gasteiger partial charge on any atom is -0.396 e. The van der Waals surface area contributed by atoms with Crippen molar-refractivity contribution in [3.05, 3.63) is 65.0 Å². The molecular formula is C29H35F2N5O. The van der Waals surface area contributed by atoms with Gasteiger partial charge in [-0.05, 0) is 48.6 Å². The van der Waals surface area contributed by atoms with E-state index in [4.69, 9.17) is 16.5 Å². The van der Waals surface area contributed by atoms with E-state index in [1.165, 1.54) is 11.1 Å². The van der Waals surface area contributed by atoms with Crippen molar-refractivity contribution in [1.29, 1.82) is 0 Å². The molecule has 1 unspecified atom stereocenters. The minimum atomic E-state index is -2.88. The number of hydrogen-bond donors (Lipinski definition) is 3. The first kappa shape index (κ1) is 25.5. The second-order valence-electron chi connectivity index (χ2n) is 10.4. The first-order chi connectivity index (χ1) is 17.8. The Labute approximate surface area is 215 Å². The maximum absolute atomic E-state index is 14.4. The van der Waals surface area contributed by atoms with Crippen LogP contribution in [0, 0.1) is 11.8 Å². The molecule has 3 atom stereocenters. The van der Waals surface area contributed by atoms with Crippen LogP contribution >= 0.6 is 0 Å². The molecule has 5 N–H and O–H groups in total. The number of aromatic nitrogens is 3. The molecule has 0 spiro atoms. The minimum absolute atomic E-state index is 0.0771. The number of rotatable bonds is 10. The van der Waals surface area contributed by atoms with Gasteiger partial charge in [-0.3, -0.25) is 0 Å². The molecule has 2 aromatic carbocycles. The summed E-state index contributed by atoms with van der Waals surface area (Å²) in [6, 6.07) is 14.5. The maximum Gasteiger partial charge on any atom is 0.258 e. The molecule has 4 aromatic rings. The molecule has 2 aromatic heterocycles. The summed E-state index contributed by atoms with van der Waals surface area (Å²) < 4.78 is 30.8. The van der Waals surface area contributed by atoms with Crippen LogP contribution in [0.4, 0.5) is 14.6 Å². The van der Waals surface area contributed by atoms with Crippen LogP contribution in [0.3, 0.4) is 0 Å². The Morgan fingerprint density at radius 3 is 2.41 bits per heavy atom. The zero-order chi connectivity index (χ0) is 26.3. The third-order valence-corrected chi connectivity index (χ3v) is 7.77. The van der Waals surface area contributed by atoms with Crippen LogP contribution in [0.5, 0.6) is 0 Å². The van der Waals surface area contributed by atoms with E-state index in [1.54, 1.807) is 0 Å². The summed E-state index contributed by atoms with van der Waals surface area (Å²) in [4.78, 5) is 9.49. The highest BCUT2D eigenvalue weighted by Gasteiger charge is 2.67. The fourth-order valence-corrected chi connectivity index (χ4v) is 5.59. The summed E-state index contributed by atoms with van der Waals surface area (Å²) in [6.45, 7) is 4.36. The average molecular weight is 508 g/mol. The number of benzene rings is 2. The Morgan fingerprint density at radius 2 is 1.76 bits per heavy atom. The summed E-state index contributed by atoms with van der Waals surface area (Å²) in [6.07, 6.45) is 3.43. The van der Waals surface area contributed by atoms with E-state index >= 15 is 0 Å². The molecule has 0 amide bonds. The normalized spacial score (nSPS) is 19.5. The number of pyridine rings is 1. The summed E-state index contributed by atoms with van der Waals surface area (Å²) in [7, 11) is 0. The lowest BCUT2D eigenvalue weighted by Gasteiger charge is -2.15. The molecule has 8 heteroatoms. The van der Waals surface area contributed by atoms with Crippen LogP contribution in [0.15, 0.2) is 42.5 Å². The van der Waals surface area contributed by atoms with Crippen LogP contribution in [0.1, 0.15) is 55.1 Å². The number of nitrogen functional groups attached to an aromatic ring is 1. The second-order valence-corrected chi connectivity index (χ2v) is 10.4. The van der Waals surface area contributed by atoms with Gasteiger partial charge in [-0.25, -0.2) is 18.7 Å². The lowest BCUT2D eigenvalue weighted by Crippen LogP contribution is -2.11. The van der Waals surface area contributed by atoms with Gasteiger partial charge in [0.05, 0.1) is 29.5 Å². The van der Waals surface area contributed by atoms with Crippen LogP contribution in [-0.2, 0) is 19.4 Å². The standard InChI is InChI=1S/C29H35F2N5O/c1-3-4-17(2)28-35-25-26(36(28)15-22-23(16-37)29(22,30)31)21-10-9-20(14-24(21)34-27(25)33)13-19-7-5-18(6-8-19)11-12-32/h5-10,14,17,22-23,37H,3-4,11-13,15-16,32H2,1-2H3,(H2,33,34)/t17?,22-,23+/m1/s1. The van der Waals surface area contributed by atoms with Crippen LogP contribution in [0.2, 0.25) is 0 Å². The molecule has 1 aliphatic carbocycles. The summed E-state index contributed by atoms with van der Waals surface area (Å²) >= 11 is 0. The van der Waals surface area contributed by atoms with E-state index in [0.29, 0.717) is 17.9 Å². The predicted molar refractivity (Wildman–Crippen MR) is 144 cm³/mol. The molecule has 0 saturated heterocycles. The maximum atomic E-state index is 14.4. The van der Waals surface area contributed by atoms with Crippen LogP contribution < -0.4 is 11.5 Å². The van der Waals surface area contributed by atoms with Gasteiger partial charge < -0.3 is 21.1 Å². The monoisotopic (exact) mass is 507 g/mol. The Kier molecular flexibility index (Phi) is 6.89. The van der Waals surface area contributed by atoms with Gasteiger partial charge in [0.1, 0.15) is 11.3 Å². The average Bonchev–Trinajstić information content (AvgIpc) is 3.18. The van der Waals surface area contributed by atoms with Crippen molar-refractivity contribution >= 4 is 27.8 Å². The van der Waals surface area contributed by atoms with Gasteiger partial charge in [-0.15, -0.1) is 0 Å². The first-order valence-corrected chi connectivity index (χ1v) is 13.1. The van der Waals surface area contributed by atoms with E-state index in [9.17, 15) is 13.9 Å². The summed E-state index contributed by atoms with van der Waals surface area (Å²) in [5.41, 5.74) is 17.6. The van der Waals surface area contributed by atoms with Gasteiger partial charge in [-0.1, -0.05) is 56.7 Å². The van der Waals surface area contributed by atoms with E-state index in [2.05, 4.69) is 49.2 Å². The third kappa shape index (κ3) is 4.68. The van der Waals surface area contributed by atoms with E-state index < -0.39 is 24.4 Å². The highest BCUT2D eigenvalue weighted by molar-refractivity contribution is 6.06. The number of anilines is 1. The number of fused-ring (bicyclic) bond motifs is 3. The molecule has 1 saturated carbocycles. The zero-order valence-corrected chi connectivity index (χ0v) is 21.4. The van der Waals surface area contributed by atoms with E-state index in [0.717, 1.165) is 53.5 Å². The van der Waals surface area contributed by atoms with Crippen molar-refractivity contribution in [2.45, 2.75) is 57.9 Å². The van der Waals surface area contributed by atoms with Crippen molar-refractivity contribution in [3.8, 4) is 0 Å². The second kappa shape index (κ2) is 9.99. The number of aliphatic hydroxyl groups is 1. The van der Waals surface area contributed by atoms with Crippen molar-refractivity contribution in [2.24, 2.45) is 17.6 Å². The molecule has 1 aliphatic rings. The Bertz CT molecular complexity index is 1420. The molecule has 0 aliphatic heterocycles. The van der Waals surface area contributed by atoms with Gasteiger partial charge in [0.2, 0.25) is 0 Å². The van der Waals surface area contributed by atoms with Crippen molar-refractivity contribution in [1.82, 2.24) is 14.5 Å². The lowest BCUT2D eigenvalue weighted by molar-refractivity contribution is 0.0702. The molecule has 0 radical (unpaired) electrons. The molecule has 2 heterocycles. The smallest absolute Gasteiger partial charge is 0.258 e. The molecule has 6 nitrogen and oxygen atoms in total. The topological polar surface area (TPSA) is 103 Å². The Hall–Kier alpha value is -3.10. The predicted octanol–water partition coefficient (Wildman–Crippen LogP) is 5.04. The molecule has 5 rings (SSSR count). The number of halogens is 2. The number of imidazole rings is 1. The lowest BCUT2D eigenvalue weighted by atomic mass is 10.0. The number of hydrogen-bond acceptors (Lipinski definition) is 5. The Balaban J connectivity index is 1.57.